The minimum absolute atomic E-state index is 0.142. The summed E-state index contributed by atoms with van der Waals surface area (Å²) in [6.07, 6.45) is 1.36. The zero-order valence-electron chi connectivity index (χ0n) is 15.2. The number of hydrogen-bond acceptors (Lipinski definition) is 3. The van der Waals surface area contributed by atoms with Crippen LogP contribution in [0.4, 0.5) is 0 Å². The van der Waals surface area contributed by atoms with Crippen LogP contribution in [0, 0.1) is 13.8 Å². The number of aromatic nitrogens is 2. The number of aryl methyl sites for hydroxylation is 1. The molecule has 0 aliphatic carbocycles. The van der Waals surface area contributed by atoms with Gasteiger partial charge < -0.3 is 4.74 Å². The number of ether oxygens (including phenoxy) is 1. The fourth-order valence-corrected chi connectivity index (χ4v) is 3.17. The average Bonchev–Trinajstić information content (AvgIpc) is 2.89. The Balaban J connectivity index is 1.81. The van der Waals surface area contributed by atoms with E-state index in [2.05, 4.69) is 18.1 Å². The molecule has 2 aromatic carbocycles. The van der Waals surface area contributed by atoms with E-state index in [4.69, 9.17) is 4.74 Å². The van der Waals surface area contributed by atoms with Gasteiger partial charge in [-0.3, -0.25) is 4.79 Å². The highest BCUT2D eigenvalue weighted by atomic mass is 16.5. The third-order valence-electron chi connectivity index (χ3n) is 4.53. The normalized spacial score (nSPS) is 12.3. The van der Waals surface area contributed by atoms with E-state index in [1.807, 2.05) is 50.2 Å². The molecule has 25 heavy (non-hydrogen) atoms. The maximum Gasteiger partial charge on any atom is 0.287 e. The van der Waals surface area contributed by atoms with Gasteiger partial charge in [0.05, 0.1) is 5.69 Å². The van der Waals surface area contributed by atoms with Crippen LogP contribution in [0.25, 0.3) is 10.8 Å². The van der Waals surface area contributed by atoms with E-state index in [9.17, 15) is 4.79 Å². The largest absolute Gasteiger partial charge is 0.481 e. The molecule has 0 fully saturated rings. The van der Waals surface area contributed by atoms with Crippen molar-refractivity contribution in [3.63, 3.8) is 0 Å². The van der Waals surface area contributed by atoms with Gasteiger partial charge in [-0.25, -0.2) is 4.68 Å². The first-order chi connectivity index (χ1) is 12.0. The summed E-state index contributed by atoms with van der Waals surface area (Å²) in [6, 6.07) is 14.0. The van der Waals surface area contributed by atoms with Gasteiger partial charge in [0.15, 0.2) is 6.10 Å². The molecule has 0 N–H and O–H groups in total. The second-order valence-electron chi connectivity index (χ2n) is 6.42. The molecule has 0 radical (unpaired) electrons. The Hall–Kier alpha value is -2.62. The van der Waals surface area contributed by atoms with Gasteiger partial charge in [-0.05, 0) is 55.7 Å². The number of nitrogens with zero attached hydrogens (tertiary/aromatic N) is 2. The molecule has 1 atom stereocenters. The number of hydrogen-bond donors (Lipinski definition) is 0. The van der Waals surface area contributed by atoms with Gasteiger partial charge in [0.25, 0.3) is 5.91 Å². The molecular weight excluding hydrogens is 312 g/mol. The molecule has 1 aromatic heterocycles. The molecule has 0 saturated heterocycles. The van der Waals surface area contributed by atoms with Gasteiger partial charge >= 0.3 is 0 Å². The summed E-state index contributed by atoms with van der Waals surface area (Å²) in [5, 5.41) is 6.67. The fraction of sp³-hybridized carbons (Fsp3) is 0.333. The standard InChI is InChI=1S/C21H24N2O2/c1-5-8-20-14(2)22-23(15(20)3)21(24)16(4)25-19-12-11-17-9-6-7-10-18(17)13-19/h6-7,9-13,16H,5,8H2,1-4H3. The lowest BCUT2D eigenvalue weighted by Gasteiger charge is -2.15. The van der Waals surface area contributed by atoms with Crippen molar-refractivity contribution in [2.45, 2.75) is 46.6 Å². The van der Waals surface area contributed by atoms with Gasteiger partial charge in [-0.15, -0.1) is 0 Å². The van der Waals surface area contributed by atoms with Crippen molar-refractivity contribution >= 4 is 16.7 Å². The Morgan fingerprint density at radius 1 is 1.16 bits per heavy atom. The van der Waals surface area contributed by atoms with Crippen molar-refractivity contribution < 1.29 is 9.53 Å². The summed E-state index contributed by atoms with van der Waals surface area (Å²) >= 11 is 0. The summed E-state index contributed by atoms with van der Waals surface area (Å²) in [5.74, 6) is 0.547. The molecular formula is C21H24N2O2. The van der Waals surface area contributed by atoms with Crippen LogP contribution in [-0.2, 0) is 6.42 Å². The minimum Gasteiger partial charge on any atom is -0.481 e. The van der Waals surface area contributed by atoms with E-state index in [1.165, 1.54) is 4.68 Å². The Labute approximate surface area is 148 Å². The summed E-state index contributed by atoms with van der Waals surface area (Å²) in [5.41, 5.74) is 3.00. The molecule has 0 spiro atoms. The van der Waals surface area contributed by atoms with E-state index in [0.29, 0.717) is 5.75 Å². The third-order valence-corrected chi connectivity index (χ3v) is 4.53. The average molecular weight is 336 g/mol. The number of benzene rings is 2. The zero-order chi connectivity index (χ0) is 18.0. The van der Waals surface area contributed by atoms with Gasteiger partial charge in [-0.1, -0.05) is 43.7 Å². The summed E-state index contributed by atoms with van der Waals surface area (Å²) in [6.45, 7) is 7.80. The van der Waals surface area contributed by atoms with E-state index in [-0.39, 0.29) is 5.91 Å². The second-order valence-corrected chi connectivity index (χ2v) is 6.42. The van der Waals surface area contributed by atoms with Crippen LogP contribution in [0.1, 0.15) is 42.0 Å². The number of carbonyl (C=O) groups is 1. The first-order valence-electron chi connectivity index (χ1n) is 8.76. The highest BCUT2D eigenvalue weighted by Crippen LogP contribution is 2.22. The number of carbonyl (C=O) groups excluding carboxylic acids is 1. The van der Waals surface area contributed by atoms with Crippen molar-refractivity contribution in [1.29, 1.82) is 0 Å². The molecule has 0 saturated carbocycles. The van der Waals surface area contributed by atoms with Crippen LogP contribution in [0.3, 0.4) is 0 Å². The van der Waals surface area contributed by atoms with Crippen molar-refractivity contribution in [1.82, 2.24) is 9.78 Å². The molecule has 1 unspecified atom stereocenters. The molecule has 0 aliphatic heterocycles. The lowest BCUT2D eigenvalue weighted by Crippen LogP contribution is -2.30. The van der Waals surface area contributed by atoms with Crippen LogP contribution in [-0.4, -0.2) is 21.8 Å². The monoisotopic (exact) mass is 336 g/mol. The second kappa shape index (κ2) is 7.09. The summed E-state index contributed by atoms with van der Waals surface area (Å²) in [4.78, 5) is 12.8. The molecule has 3 aromatic rings. The lowest BCUT2D eigenvalue weighted by atomic mass is 10.1. The number of rotatable bonds is 5. The summed E-state index contributed by atoms with van der Waals surface area (Å²) < 4.78 is 7.38. The van der Waals surface area contributed by atoms with Crippen LogP contribution in [0.15, 0.2) is 42.5 Å². The maximum atomic E-state index is 12.8. The highest BCUT2D eigenvalue weighted by molar-refractivity contribution is 5.85. The van der Waals surface area contributed by atoms with E-state index < -0.39 is 6.10 Å². The molecule has 0 amide bonds. The first kappa shape index (κ1) is 17.2. The first-order valence-corrected chi connectivity index (χ1v) is 8.76. The predicted molar refractivity (Wildman–Crippen MR) is 100 cm³/mol. The van der Waals surface area contributed by atoms with Crippen LogP contribution in [0.2, 0.25) is 0 Å². The van der Waals surface area contributed by atoms with Crippen molar-refractivity contribution in [2.75, 3.05) is 0 Å². The van der Waals surface area contributed by atoms with E-state index >= 15 is 0 Å². The van der Waals surface area contributed by atoms with E-state index in [1.54, 1.807) is 6.92 Å². The highest BCUT2D eigenvalue weighted by Gasteiger charge is 2.22. The van der Waals surface area contributed by atoms with Crippen molar-refractivity contribution in [3.8, 4) is 5.75 Å². The Kier molecular flexibility index (Phi) is 4.88. The quantitative estimate of drug-likeness (QED) is 0.677. The van der Waals surface area contributed by atoms with Gasteiger partial charge in [0.1, 0.15) is 5.75 Å². The van der Waals surface area contributed by atoms with Gasteiger partial charge in [0.2, 0.25) is 0 Å². The zero-order valence-corrected chi connectivity index (χ0v) is 15.2. The van der Waals surface area contributed by atoms with Gasteiger partial charge in [-0.2, -0.15) is 5.10 Å². The topological polar surface area (TPSA) is 44.1 Å². The lowest BCUT2D eigenvalue weighted by molar-refractivity contribution is 0.0707. The molecule has 1 heterocycles. The van der Waals surface area contributed by atoms with Crippen LogP contribution >= 0.6 is 0 Å². The van der Waals surface area contributed by atoms with Crippen molar-refractivity contribution in [2.24, 2.45) is 0 Å². The Bertz CT molecular complexity index is 911. The molecule has 4 nitrogen and oxygen atoms in total. The third kappa shape index (κ3) is 3.43. The molecule has 0 bridgehead atoms. The predicted octanol–water partition coefficient (Wildman–Crippen LogP) is 4.71. The minimum atomic E-state index is -0.603. The SMILES string of the molecule is CCCc1c(C)nn(C(=O)C(C)Oc2ccc3ccccc3c2)c1C. The smallest absolute Gasteiger partial charge is 0.287 e. The summed E-state index contributed by atoms with van der Waals surface area (Å²) in [7, 11) is 0. The Morgan fingerprint density at radius 2 is 1.88 bits per heavy atom. The van der Waals surface area contributed by atoms with Gasteiger partial charge in [0, 0.05) is 5.69 Å². The molecule has 0 aliphatic rings. The molecule has 4 heteroatoms. The van der Waals surface area contributed by atoms with E-state index in [0.717, 1.165) is 40.6 Å². The Morgan fingerprint density at radius 3 is 2.60 bits per heavy atom. The fourth-order valence-electron chi connectivity index (χ4n) is 3.17. The van der Waals surface area contributed by atoms with Crippen LogP contribution in [0.5, 0.6) is 5.75 Å². The number of fused-ring (bicyclic) bond motifs is 1. The molecule has 130 valence electrons. The molecule has 3 rings (SSSR count). The maximum absolute atomic E-state index is 12.8. The van der Waals surface area contributed by atoms with Crippen LogP contribution < -0.4 is 4.74 Å². The van der Waals surface area contributed by atoms with Crippen molar-refractivity contribution in [3.05, 3.63) is 59.4 Å².